The zero-order chi connectivity index (χ0) is 17.3. The molecule has 0 aliphatic carbocycles. The summed E-state index contributed by atoms with van der Waals surface area (Å²) in [4.78, 5) is 4.48. The molecule has 1 N–H and O–H groups in total. The highest BCUT2D eigenvalue weighted by molar-refractivity contribution is 5.60. The molecule has 0 radical (unpaired) electrons. The summed E-state index contributed by atoms with van der Waals surface area (Å²) in [6.07, 6.45) is 7.72. The van der Waals surface area contributed by atoms with Crippen molar-refractivity contribution in [3.8, 4) is 17.0 Å². The van der Waals surface area contributed by atoms with Crippen LogP contribution in [-0.4, -0.2) is 29.9 Å². The summed E-state index contributed by atoms with van der Waals surface area (Å²) in [7, 11) is 0. The van der Waals surface area contributed by atoms with Crippen LogP contribution in [0.4, 0.5) is 0 Å². The number of ether oxygens (including phenoxy) is 2. The fraction of sp³-hybridized carbons (Fsp3) is 0.476. The van der Waals surface area contributed by atoms with Gasteiger partial charge in [-0.15, -0.1) is 0 Å². The minimum Gasteiger partial charge on any atom is -0.492 e. The summed E-state index contributed by atoms with van der Waals surface area (Å²) < 4.78 is 11.3. The van der Waals surface area contributed by atoms with Crippen LogP contribution >= 0.6 is 0 Å². The van der Waals surface area contributed by atoms with Gasteiger partial charge in [-0.05, 0) is 61.8 Å². The third-order valence-corrected chi connectivity index (χ3v) is 4.74. The fourth-order valence-electron chi connectivity index (χ4n) is 3.29. The number of hydrogen-bond donors (Lipinski definition) is 1. The predicted molar refractivity (Wildman–Crippen MR) is 98.5 cm³/mol. The molecule has 1 aliphatic rings. The van der Waals surface area contributed by atoms with Crippen LogP contribution in [0.5, 0.6) is 5.75 Å². The molecule has 134 valence electrons. The van der Waals surface area contributed by atoms with E-state index in [1.54, 1.807) is 6.20 Å². The van der Waals surface area contributed by atoms with Gasteiger partial charge in [0.25, 0.3) is 0 Å². The molecule has 0 bridgehead atoms. The summed E-state index contributed by atoms with van der Waals surface area (Å²) in [5, 5.41) is 9.24. The van der Waals surface area contributed by atoms with Crippen LogP contribution in [0.2, 0.25) is 0 Å². The number of rotatable bonds is 7. The van der Waals surface area contributed by atoms with Gasteiger partial charge in [0.2, 0.25) is 0 Å². The number of aliphatic hydroxyl groups excluding tert-OH is 1. The minimum atomic E-state index is 0.0438. The summed E-state index contributed by atoms with van der Waals surface area (Å²) in [5.74, 6) is 1.59. The number of aromatic nitrogens is 1. The van der Waals surface area contributed by atoms with Crippen molar-refractivity contribution < 1.29 is 14.6 Å². The number of benzene rings is 1. The van der Waals surface area contributed by atoms with Crippen LogP contribution in [0.1, 0.15) is 37.7 Å². The molecule has 2 heterocycles. The lowest BCUT2D eigenvalue weighted by Gasteiger charge is -2.13. The largest absolute Gasteiger partial charge is 0.492 e. The molecule has 1 aliphatic heterocycles. The first-order valence-electron chi connectivity index (χ1n) is 9.22. The molecule has 1 atom stereocenters. The Morgan fingerprint density at radius 1 is 1.16 bits per heavy atom. The first kappa shape index (κ1) is 17.9. The summed E-state index contributed by atoms with van der Waals surface area (Å²) >= 11 is 0. The molecule has 0 amide bonds. The van der Waals surface area contributed by atoms with E-state index >= 15 is 0 Å². The van der Waals surface area contributed by atoms with Crippen LogP contribution in [0.25, 0.3) is 11.3 Å². The van der Waals surface area contributed by atoms with E-state index in [0.717, 1.165) is 54.7 Å². The molecule has 1 aromatic carbocycles. The Balaban J connectivity index is 1.46. The number of hydrogen-bond acceptors (Lipinski definition) is 4. The normalized spacial score (nSPS) is 17.9. The molecule has 25 heavy (non-hydrogen) atoms. The van der Waals surface area contributed by atoms with E-state index in [-0.39, 0.29) is 6.61 Å². The third-order valence-electron chi connectivity index (χ3n) is 4.74. The zero-order valence-electron chi connectivity index (χ0n) is 14.7. The maximum Gasteiger partial charge on any atom is 0.137 e. The van der Waals surface area contributed by atoms with E-state index in [0.29, 0.717) is 0 Å². The smallest absolute Gasteiger partial charge is 0.137 e. The van der Waals surface area contributed by atoms with Crippen molar-refractivity contribution in [1.29, 1.82) is 0 Å². The molecule has 0 saturated carbocycles. The van der Waals surface area contributed by atoms with Crippen molar-refractivity contribution in [3.63, 3.8) is 0 Å². The second-order valence-corrected chi connectivity index (χ2v) is 6.64. The quantitative estimate of drug-likeness (QED) is 0.766. The molecular formula is C21H27NO3. The highest BCUT2D eigenvalue weighted by Crippen LogP contribution is 2.22. The van der Waals surface area contributed by atoms with E-state index < -0.39 is 0 Å². The Kier molecular flexibility index (Phi) is 6.83. The van der Waals surface area contributed by atoms with Crippen molar-refractivity contribution in [2.75, 3.05) is 19.8 Å². The second-order valence-electron chi connectivity index (χ2n) is 6.64. The highest BCUT2D eigenvalue weighted by atomic mass is 16.5. The monoisotopic (exact) mass is 341 g/mol. The van der Waals surface area contributed by atoms with Crippen LogP contribution in [0.15, 0.2) is 42.6 Å². The first-order chi connectivity index (χ1) is 12.3. The van der Waals surface area contributed by atoms with Gasteiger partial charge in [-0.3, -0.25) is 4.98 Å². The van der Waals surface area contributed by atoms with Gasteiger partial charge < -0.3 is 14.6 Å². The average Bonchev–Trinajstić information content (AvgIpc) is 2.95. The molecule has 4 heteroatoms. The Morgan fingerprint density at radius 3 is 2.96 bits per heavy atom. The number of pyridine rings is 1. The molecule has 0 spiro atoms. The van der Waals surface area contributed by atoms with Gasteiger partial charge in [0.05, 0.1) is 25.1 Å². The minimum absolute atomic E-state index is 0.0438. The Labute approximate surface area is 149 Å². The van der Waals surface area contributed by atoms with Gasteiger partial charge in [-0.2, -0.15) is 0 Å². The lowest BCUT2D eigenvalue weighted by molar-refractivity contribution is 0.140. The molecule has 1 saturated heterocycles. The van der Waals surface area contributed by atoms with Crippen molar-refractivity contribution in [2.45, 2.75) is 38.7 Å². The van der Waals surface area contributed by atoms with Crippen molar-refractivity contribution in [3.05, 3.63) is 48.2 Å². The first-order valence-corrected chi connectivity index (χ1v) is 9.22. The van der Waals surface area contributed by atoms with E-state index in [2.05, 4.69) is 4.98 Å². The van der Waals surface area contributed by atoms with Crippen LogP contribution in [0.3, 0.4) is 0 Å². The zero-order valence-corrected chi connectivity index (χ0v) is 14.7. The topological polar surface area (TPSA) is 51.6 Å². The van der Waals surface area contributed by atoms with Crippen molar-refractivity contribution >= 4 is 0 Å². The molecule has 3 rings (SSSR count). The second kappa shape index (κ2) is 9.54. The van der Waals surface area contributed by atoms with E-state index in [9.17, 15) is 5.11 Å². The van der Waals surface area contributed by atoms with Gasteiger partial charge in [0.1, 0.15) is 5.75 Å². The summed E-state index contributed by atoms with van der Waals surface area (Å²) in [6.45, 7) is 2.61. The predicted octanol–water partition coefficient (Wildman–Crippen LogP) is 4.22. The lowest BCUT2D eigenvalue weighted by Crippen LogP contribution is -2.05. The summed E-state index contributed by atoms with van der Waals surface area (Å²) in [5.41, 5.74) is 2.79. The van der Waals surface area contributed by atoms with E-state index in [1.165, 1.54) is 25.7 Å². The van der Waals surface area contributed by atoms with Crippen LogP contribution in [-0.2, 0) is 11.3 Å². The fourth-order valence-corrected chi connectivity index (χ4v) is 3.29. The number of nitrogens with zero attached hydrogens (tertiary/aromatic N) is 1. The maximum atomic E-state index is 9.24. The molecular weight excluding hydrogens is 314 g/mol. The lowest BCUT2D eigenvalue weighted by atomic mass is 9.96. The maximum absolute atomic E-state index is 9.24. The molecule has 1 aromatic heterocycles. The molecule has 2 aromatic rings. The van der Waals surface area contributed by atoms with Gasteiger partial charge >= 0.3 is 0 Å². The Bertz CT molecular complexity index is 634. The van der Waals surface area contributed by atoms with Crippen molar-refractivity contribution in [1.82, 2.24) is 4.98 Å². The molecule has 1 unspecified atom stereocenters. The Hall–Kier alpha value is -1.91. The van der Waals surface area contributed by atoms with Gasteiger partial charge in [-0.1, -0.05) is 18.2 Å². The molecule has 4 nitrogen and oxygen atoms in total. The van der Waals surface area contributed by atoms with E-state index in [4.69, 9.17) is 9.47 Å². The third kappa shape index (κ3) is 5.55. The van der Waals surface area contributed by atoms with Crippen LogP contribution in [0, 0.1) is 5.92 Å². The number of aliphatic hydroxyl groups is 1. The highest BCUT2D eigenvalue weighted by Gasteiger charge is 2.12. The molecule has 1 fully saturated rings. The van der Waals surface area contributed by atoms with Gasteiger partial charge in [0, 0.05) is 18.8 Å². The summed E-state index contributed by atoms with van der Waals surface area (Å²) in [6, 6.07) is 11.7. The van der Waals surface area contributed by atoms with Gasteiger partial charge in [0.15, 0.2) is 0 Å². The average molecular weight is 341 g/mol. The van der Waals surface area contributed by atoms with E-state index in [1.807, 2.05) is 36.4 Å². The van der Waals surface area contributed by atoms with Crippen molar-refractivity contribution in [2.24, 2.45) is 5.92 Å². The standard InChI is InChI=1S/C21H27NO3/c23-16-18-4-1-7-19(14-18)21-9-8-20(15-22-21)25-12-3-6-17-5-2-11-24-13-10-17/h1,4,7-9,14-15,17,23H,2-3,5-6,10-13,16H2. The SMILES string of the molecule is OCc1cccc(-c2ccc(OCCCC3CCCOCC3)cn2)c1. The van der Waals surface area contributed by atoms with Crippen LogP contribution < -0.4 is 4.74 Å². The van der Waals surface area contributed by atoms with Gasteiger partial charge in [-0.25, -0.2) is 0 Å². The Morgan fingerprint density at radius 2 is 2.12 bits per heavy atom.